The van der Waals surface area contributed by atoms with Gasteiger partial charge in [0.1, 0.15) is 0 Å². The molecule has 2 N–H and O–H groups in total. The molecule has 0 fully saturated rings. The Hall–Kier alpha value is -10.5. The quantitative estimate of drug-likeness (QED) is 0.0466. The zero-order valence-electron chi connectivity index (χ0n) is 53.2. The number of quaternary nitrogens is 2. The average Bonchev–Trinajstić information content (AvgIpc) is 0.709. The molecule has 0 aromatic heterocycles. The zero-order valence-corrected chi connectivity index (χ0v) is 53.2. The summed E-state index contributed by atoms with van der Waals surface area (Å²) in [6.45, 7) is 6.52. The lowest BCUT2D eigenvalue weighted by molar-refractivity contribution is -0.992. The van der Waals surface area contributed by atoms with Crippen LogP contribution in [0, 0.1) is 0 Å². The fourth-order valence-corrected chi connectivity index (χ4v) is 14.5. The van der Waals surface area contributed by atoms with Gasteiger partial charge >= 0.3 is 0 Å². The van der Waals surface area contributed by atoms with Crippen LogP contribution in [0.15, 0.2) is 364 Å². The van der Waals surface area contributed by atoms with Crippen LogP contribution in [0.5, 0.6) is 0 Å². The number of nitrogens with one attached hydrogen (secondary N) is 2. The molecule has 0 bridgehead atoms. The first-order chi connectivity index (χ1) is 45.8. The van der Waals surface area contributed by atoms with Crippen molar-refractivity contribution in [3.05, 3.63) is 431 Å². The minimum atomic E-state index is -1.63. The van der Waals surface area contributed by atoms with Gasteiger partial charge in [0.05, 0.1) is 13.1 Å². The minimum absolute atomic E-state index is 0.541. The summed E-state index contributed by atoms with van der Waals surface area (Å²) in [6.07, 6.45) is 3.34. The van der Waals surface area contributed by atoms with Crippen LogP contribution in [0.3, 0.4) is 0 Å². The summed E-state index contributed by atoms with van der Waals surface area (Å²) in [5.41, 5.74) is 13.2. The first-order valence-electron chi connectivity index (χ1n) is 32.6. The monoisotopic (exact) mass is 1220 g/mol. The number of unbranched alkanes of at least 4 members (excludes halogenated alkanes) is 2. The normalized spacial score (nSPS) is 11.6. The standard InChI is InChI=1S/2C42H39N.C3H4O4/c2*1-2-3-34-43(41(35-22-10-4-11-23-35,36-24-12-5-13-25-36)37-26-14-6-15-27-37)42(38-28-16-7-17-29-38,39-30-18-8-19-31-39)40-32-20-9-21-33-40;4-2(5)1-3(6)7/h2*4-33H,2-3,34H2,1H3;1H2,(H,4,5)(H,6,7). The van der Waals surface area contributed by atoms with Gasteiger partial charge in [0.25, 0.3) is 0 Å². The molecule has 0 saturated carbocycles. The van der Waals surface area contributed by atoms with Crippen molar-refractivity contribution in [2.24, 2.45) is 0 Å². The Morgan fingerprint density at radius 2 is 0.355 bits per heavy atom. The van der Waals surface area contributed by atoms with Crippen molar-refractivity contribution in [2.45, 2.75) is 68.1 Å². The molecule has 0 spiro atoms. The SMILES string of the molecule is CCCC[NH+](C(c1ccccc1)(c1ccccc1)c1ccccc1)C(c1ccccc1)(c1ccccc1)c1ccccc1.CCCC[NH+](C(c1ccccc1)(c1ccccc1)c1ccccc1)C(c1ccccc1)(c1ccccc1)c1ccccc1.O=C([O-])CC(=O)[O-]. The summed E-state index contributed by atoms with van der Waals surface area (Å²) in [6, 6.07) is 134. The van der Waals surface area contributed by atoms with E-state index in [1.165, 1.54) is 76.6 Å². The fraction of sp³-hybridized carbons (Fsp3) is 0.149. The van der Waals surface area contributed by atoms with Gasteiger partial charge in [0.15, 0.2) is 22.2 Å². The molecule has 12 rings (SSSR count). The van der Waals surface area contributed by atoms with E-state index < -0.39 is 40.5 Å². The van der Waals surface area contributed by atoms with Crippen LogP contribution in [0.1, 0.15) is 113 Å². The summed E-state index contributed by atoms with van der Waals surface area (Å²) in [5, 5.41) is 18.6. The third-order valence-corrected chi connectivity index (χ3v) is 18.1. The highest BCUT2D eigenvalue weighted by Gasteiger charge is 2.60. The van der Waals surface area contributed by atoms with Gasteiger partial charge in [0, 0.05) is 85.1 Å². The molecule has 0 heterocycles. The lowest BCUT2D eigenvalue weighted by Gasteiger charge is -2.53. The average molecular weight is 1220 g/mol. The van der Waals surface area contributed by atoms with E-state index in [9.17, 15) is 19.8 Å². The number of carboxylic acid groups (broad SMARTS) is 2. The molecule has 464 valence electrons. The number of carbonyl (C=O) groups is 2. The molecule has 12 aromatic carbocycles. The van der Waals surface area contributed by atoms with Gasteiger partial charge in [-0.2, -0.15) is 0 Å². The van der Waals surface area contributed by atoms with Crippen LogP contribution in [-0.4, -0.2) is 25.0 Å². The van der Waals surface area contributed by atoms with Gasteiger partial charge < -0.3 is 29.6 Å². The van der Waals surface area contributed by atoms with Crippen LogP contribution in [-0.2, 0) is 31.7 Å². The second kappa shape index (κ2) is 32.0. The highest BCUT2D eigenvalue weighted by Crippen LogP contribution is 2.44. The zero-order chi connectivity index (χ0) is 64.6. The van der Waals surface area contributed by atoms with E-state index in [1.807, 2.05) is 0 Å². The molecule has 6 nitrogen and oxygen atoms in total. The van der Waals surface area contributed by atoms with E-state index in [0.29, 0.717) is 0 Å². The van der Waals surface area contributed by atoms with Gasteiger partial charge in [-0.05, 0) is 12.8 Å². The molecule has 0 atom stereocenters. The van der Waals surface area contributed by atoms with Gasteiger partial charge in [0.2, 0.25) is 0 Å². The first kappa shape index (κ1) is 65.5. The van der Waals surface area contributed by atoms with Crippen LogP contribution in [0.25, 0.3) is 0 Å². The maximum absolute atomic E-state index is 9.28. The lowest BCUT2D eigenvalue weighted by Crippen LogP contribution is -3.25. The molecule has 0 saturated heterocycles. The van der Waals surface area contributed by atoms with Crippen LogP contribution < -0.4 is 20.0 Å². The van der Waals surface area contributed by atoms with E-state index in [0.717, 1.165) is 38.8 Å². The van der Waals surface area contributed by atoms with Gasteiger partial charge in [-0.1, -0.05) is 391 Å². The Labute approximate surface area is 550 Å². The molecular weight excluding hydrogens is 1140 g/mol. The summed E-state index contributed by atoms with van der Waals surface area (Å²) in [4.78, 5) is 21.5. The highest BCUT2D eigenvalue weighted by molar-refractivity contribution is 5.86. The van der Waals surface area contributed by atoms with Crippen molar-refractivity contribution in [2.75, 3.05) is 13.1 Å². The lowest BCUT2D eigenvalue weighted by atomic mass is 9.67. The van der Waals surface area contributed by atoms with Crippen LogP contribution >= 0.6 is 0 Å². The highest BCUT2D eigenvalue weighted by atomic mass is 16.4. The number of aliphatic carboxylic acids is 2. The Balaban J connectivity index is 0.000000185. The van der Waals surface area contributed by atoms with E-state index in [1.54, 1.807) is 0 Å². The topological polar surface area (TPSA) is 89.1 Å². The molecule has 0 unspecified atom stereocenters. The van der Waals surface area contributed by atoms with Crippen molar-refractivity contribution in [1.29, 1.82) is 0 Å². The minimum Gasteiger partial charge on any atom is -0.550 e. The van der Waals surface area contributed by atoms with Crippen molar-refractivity contribution < 1.29 is 29.6 Å². The molecule has 12 aromatic rings. The predicted molar refractivity (Wildman–Crippen MR) is 373 cm³/mol. The van der Waals surface area contributed by atoms with Crippen LogP contribution in [0.4, 0.5) is 0 Å². The number of rotatable bonds is 24. The molecule has 93 heavy (non-hydrogen) atoms. The molecule has 6 heteroatoms. The van der Waals surface area contributed by atoms with Crippen molar-refractivity contribution in [3.63, 3.8) is 0 Å². The summed E-state index contributed by atoms with van der Waals surface area (Å²) in [7, 11) is 0. The van der Waals surface area contributed by atoms with E-state index in [2.05, 4.69) is 378 Å². The van der Waals surface area contributed by atoms with Crippen molar-refractivity contribution in [3.8, 4) is 0 Å². The maximum atomic E-state index is 9.28. The second-order valence-corrected chi connectivity index (χ2v) is 23.5. The molecule has 0 aliphatic rings. The molecule has 0 aliphatic carbocycles. The molecule has 0 amide bonds. The number of carbonyl (C=O) groups excluding carboxylic acids is 2. The first-order valence-corrected chi connectivity index (χ1v) is 32.6. The van der Waals surface area contributed by atoms with Crippen molar-refractivity contribution in [1.82, 2.24) is 0 Å². The smallest absolute Gasteiger partial charge is 0.176 e. The predicted octanol–water partition coefficient (Wildman–Crippen LogP) is 14.2. The van der Waals surface area contributed by atoms with E-state index in [-0.39, 0.29) is 0 Å². The van der Waals surface area contributed by atoms with Gasteiger partial charge in [-0.3, -0.25) is 0 Å². The summed E-state index contributed by atoms with van der Waals surface area (Å²) in [5.74, 6) is -3.25. The van der Waals surface area contributed by atoms with E-state index >= 15 is 0 Å². The fourth-order valence-electron chi connectivity index (χ4n) is 14.5. The van der Waals surface area contributed by atoms with Gasteiger partial charge in [-0.15, -0.1) is 0 Å². The number of carboxylic acids is 2. The number of hydrogen-bond donors (Lipinski definition) is 2. The summed E-state index contributed by atoms with van der Waals surface area (Å²) >= 11 is 0. The maximum Gasteiger partial charge on any atom is 0.176 e. The Morgan fingerprint density at radius 3 is 0.441 bits per heavy atom. The Morgan fingerprint density at radius 1 is 0.237 bits per heavy atom. The number of benzene rings is 12. The third kappa shape index (κ3) is 13.8. The second-order valence-electron chi connectivity index (χ2n) is 23.5. The number of hydrogen-bond acceptors (Lipinski definition) is 4. The Kier molecular flexibility index (Phi) is 22.5. The Bertz CT molecular complexity index is 3200. The molecular formula is C87H82N2O4. The molecule has 0 radical (unpaired) electrons. The van der Waals surface area contributed by atoms with Gasteiger partial charge in [-0.25, -0.2) is 0 Å². The molecule has 0 aliphatic heterocycles. The third-order valence-electron chi connectivity index (χ3n) is 18.1. The van der Waals surface area contributed by atoms with Crippen LogP contribution in [0.2, 0.25) is 0 Å². The largest absolute Gasteiger partial charge is 0.550 e. The van der Waals surface area contributed by atoms with Crippen molar-refractivity contribution >= 4 is 11.9 Å². The van der Waals surface area contributed by atoms with E-state index in [4.69, 9.17) is 0 Å². The summed E-state index contributed by atoms with van der Waals surface area (Å²) < 4.78 is 0.